The molecule has 6 aromatic heterocycles. The maximum Gasteiger partial charge on any atom is 0.329 e. The van der Waals surface area contributed by atoms with E-state index in [-0.39, 0.29) is 20.5 Å². The minimum absolute atomic E-state index is 0.0686. The van der Waals surface area contributed by atoms with E-state index in [9.17, 15) is 0 Å². The molecular weight excluding hydrogens is 1820 g/mol. The summed E-state index contributed by atoms with van der Waals surface area (Å²) in [6.45, 7) is 0.220. The molecule has 0 N–H and O–H groups in total. The zero-order chi connectivity index (χ0) is 99.1. The SMILES string of the molecule is c1ccc(-c2cccc(-c3ccc4c(c3)-c3ccccc3B3c5ccccc5-c5cc(-c6cccc(-c7ccccn7)c6)ccc5N34)c2)nc1.c1cncc(-c2ccc(-c3ccc4c(c3)-c3ccccc3B3c5ccccc5-c5cc(-c6ccc(-c7cccnc7)cc6)ccc5N34)cc2)c1.c1cncc(-c2cccc(-c3ccc4c(c3)-c3ccccc3B3c5ccccc5-c5cc(-c6cccc(-c7cccnc7)c6)ccc5N34)c2)c1. The summed E-state index contributed by atoms with van der Waals surface area (Å²) in [5.74, 6) is 0. The second-order valence-corrected chi connectivity index (χ2v) is 39.1. The van der Waals surface area contributed by atoms with Crippen molar-refractivity contribution < 1.29 is 0 Å². The Morgan fingerprint density at radius 1 is 0.127 bits per heavy atom. The summed E-state index contributed by atoms with van der Waals surface area (Å²) >= 11 is 0. The third-order valence-corrected chi connectivity index (χ3v) is 30.7. The van der Waals surface area contributed by atoms with E-state index in [1.165, 1.54) is 212 Å². The van der Waals surface area contributed by atoms with E-state index in [1.807, 2.05) is 110 Å². The number of rotatable bonds is 12. The fourth-order valence-electron chi connectivity index (χ4n) is 23.7. The summed E-state index contributed by atoms with van der Waals surface area (Å²) in [5, 5.41) is 0. The summed E-state index contributed by atoms with van der Waals surface area (Å²) in [4.78, 5) is 34.2. The molecule has 0 saturated carbocycles. The van der Waals surface area contributed by atoms with Crippen molar-refractivity contribution in [2.24, 2.45) is 0 Å². The predicted octanol–water partition coefficient (Wildman–Crippen LogP) is 30.1. The summed E-state index contributed by atoms with van der Waals surface area (Å²) < 4.78 is 0. The zero-order valence-corrected chi connectivity index (χ0v) is 81.7. The normalized spacial score (nSPS) is 12.3. The van der Waals surface area contributed by atoms with Crippen LogP contribution in [0.1, 0.15) is 0 Å². The first kappa shape index (κ1) is 88.2. The second-order valence-electron chi connectivity index (χ2n) is 39.1. The van der Waals surface area contributed by atoms with Gasteiger partial charge in [0.2, 0.25) is 0 Å². The molecule has 0 atom stereocenters. The molecule has 0 saturated heterocycles. The van der Waals surface area contributed by atoms with E-state index in [1.54, 1.807) is 0 Å². The Hall–Kier alpha value is -19.5. The van der Waals surface area contributed by atoms with E-state index >= 15 is 0 Å². The van der Waals surface area contributed by atoms with Gasteiger partial charge in [-0.3, -0.25) is 29.9 Å². The summed E-state index contributed by atoms with van der Waals surface area (Å²) in [6.07, 6.45) is 18.7. The third-order valence-electron chi connectivity index (χ3n) is 30.7. The summed E-state index contributed by atoms with van der Waals surface area (Å²) in [5.41, 5.74) is 58.2. The van der Waals surface area contributed by atoms with Crippen LogP contribution in [0.2, 0.25) is 0 Å². The highest BCUT2D eigenvalue weighted by atomic mass is 15.1. The number of hydrogen-bond donors (Lipinski definition) is 0. The minimum Gasteiger partial charge on any atom is -0.376 e. The first-order chi connectivity index (χ1) is 74.4. The van der Waals surface area contributed by atoms with Gasteiger partial charge in [0.15, 0.2) is 0 Å². The third kappa shape index (κ3) is 15.7. The molecule has 0 bridgehead atoms. The van der Waals surface area contributed by atoms with Crippen LogP contribution in [0, 0.1) is 0 Å². The molecule has 6 aliphatic heterocycles. The topological polar surface area (TPSA) is 87.1 Å². The number of nitrogens with zero attached hydrogens (tertiary/aromatic N) is 9. The Kier molecular flexibility index (Phi) is 22.1. The molecule has 0 aliphatic carbocycles. The van der Waals surface area contributed by atoms with Gasteiger partial charge < -0.3 is 14.4 Å². The Bertz CT molecular complexity index is 8470. The van der Waals surface area contributed by atoms with Crippen LogP contribution in [-0.2, 0) is 0 Å². The van der Waals surface area contributed by atoms with Crippen LogP contribution in [0.3, 0.4) is 0 Å². The van der Waals surface area contributed by atoms with Gasteiger partial charge in [0.05, 0.1) is 11.4 Å². The van der Waals surface area contributed by atoms with Crippen molar-refractivity contribution in [2.45, 2.75) is 0 Å². The largest absolute Gasteiger partial charge is 0.376 e. The first-order valence-corrected chi connectivity index (χ1v) is 51.3. The van der Waals surface area contributed by atoms with Gasteiger partial charge in [0.1, 0.15) is 0 Å². The number of fused-ring (bicyclic) bond motifs is 33. The first-order valence-electron chi connectivity index (χ1n) is 51.3. The molecule has 150 heavy (non-hydrogen) atoms. The second kappa shape index (κ2) is 37.6. The van der Waals surface area contributed by atoms with Crippen molar-refractivity contribution in [1.29, 1.82) is 0 Å². The van der Waals surface area contributed by atoms with E-state index in [0.717, 1.165) is 55.9 Å². The summed E-state index contributed by atoms with van der Waals surface area (Å²) in [6, 6.07) is 177. The number of benzene rings is 18. The molecule has 0 spiro atoms. The molecule has 0 radical (unpaired) electrons. The predicted molar refractivity (Wildman–Crippen MR) is 625 cm³/mol. The molecule has 24 aromatic rings. The molecule has 9 nitrogen and oxygen atoms in total. The average Bonchev–Trinajstić information content (AvgIpc) is 0.711. The number of pyridine rings is 6. The van der Waals surface area contributed by atoms with Gasteiger partial charge >= 0.3 is 20.5 Å². The molecule has 12 heterocycles. The fraction of sp³-hybridized carbons (Fsp3) is 0. The van der Waals surface area contributed by atoms with Gasteiger partial charge in [-0.15, -0.1) is 0 Å². The molecule has 696 valence electrons. The fourth-order valence-corrected chi connectivity index (χ4v) is 23.7. The highest BCUT2D eigenvalue weighted by Gasteiger charge is 2.46. The van der Waals surface area contributed by atoms with Crippen LogP contribution in [0.15, 0.2) is 547 Å². The van der Waals surface area contributed by atoms with Crippen LogP contribution in [0.5, 0.6) is 0 Å². The van der Waals surface area contributed by atoms with Crippen molar-refractivity contribution in [3.05, 3.63) is 547 Å². The van der Waals surface area contributed by atoms with Gasteiger partial charge in [-0.05, 0) is 312 Å². The quantitative estimate of drug-likeness (QED) is 0.111. The molecule has 30 rings (SSSR count). The van der Waals surface area contributed by atoms with Crippen LogP contribution >= 0.6 is 0 Å². The Balaban J connectivity index is 0.000000108. The van der Waals surface area contributed by atoms with E-state index < -0.39 is 0 Å². The van der Waals surface area contributed by atoms with Crippen molar-refractivity contribution >= 4 is 87.4 Å². The maximum absolute atomic E-state index is 4.60. The smallest absolute Gasteiger partial charge is 0.329 e. The Morgan fingerprint density at radius 2 is 0.313 bits per heavy atom. The highest BCUT2D eigenvalue weighted by Crippen LogP contribution is 2.54. The minimum atomic E-state index is 0.0686. The average molecular weight is 1910 g/mol. The molecule has 12 heteroatoms. The van der Waals surface area contributed by atoms with Crippen molar-refractivity contribution in [3.63, 3.8) is 0 Å². The van der Waals surface area contributed by atoms with E-state index in [4.69, 9.17) is 0 Å². The summed E-state index contributed by atoms with van der Waals surface area (Å²) in [7, 11) is 0. The van der Waals surface area contributed by atoms with Gasteiger partial charge in [-0.2, -0.15) is 0 Å². The van der Waals surface area contributed by atoms with Gasteiger partial charge in [0.25, 0.3) is 0 Å². The monoisotopic (exact) mass is 1910 g/mol. The van der Waals surface area contributed by atoms with Gasteiger partial charge in [-0.1, -0.05) is 340 Å². The van der Waals surface area contributed by atoms with Crippen LogP contribution in [0.4, 0.5) is 34.1 Å². The zero-order valence-electron chi connectivity index (χ0n) is 81.7. The molecule has 0 amide bonds. The van der Waals surface area contributed by atoms with Crippen molar-refractivity contribution in [3.8, 4) is 201 Å². The van der Waals surface area contributed by atoms with Crippen LogP contribution < -0.4 is 47.2 Å². The number of anilines is 6. The van der Waals surface area contributed by atoms with E-state index in [0.29, 0.717) is 0 Å². The lowest BCUT2D eigenvalue weighted by Gasteiger charge is -2.43. The van der Waals surface area contributed by atoms with Crippen molar-refractivity contribution in [1.82, 2.24) is 29.9 Å². The van der Waals surface area contributed by atoms with Crippen molar-refractivity contribution in [2.75, 3.05) is 14.4 Å². The lowest BCUT2D eigenvalue weighted by atomic mass is 9.43. The standard InChI is InChI=1S/3C46H30BN3/c1-3-17-43-39(15-1)41-27-35(31-9-5-11-33(25-31)37-13-7-23-48-29-37)19-21-45(41)50-46-22-20-36(28-42(46)40-16-2-4-18-44(40)47(43)50)32-10-6-12-34(26-32)38-14-8-24-49-30-38;1-3-17-41-37(15-1)39-29-33(31-11-9-13-35(27-31)43-19-5-7-25-48-43)21-23-45(39)50-46-24-22-34(30-40(46)38-16-2-4-18-42(38)47(41)50)32-12-10-14-36(28-32)44-20-6-8-26-49-44;1-3-11-43-39(9-1)41-27-35(31-13-17-33(18-14-31)37-7-5-25-48-29-37)21-23-45(41)50-46-24-22-36(28-42(46)40-10-2-4-12-44(40)47(43)50)32-15-19-34(20-16-32)38-8-6-26-49-30-38/h3*1-30H. The Labute approximate surface area is 873 Å². The Morgan fingerprint density at radius 3 is 0.547 bits per heavy atom. The van der Waals surface area contributed by atoms with Crippen LogP contribution in [0.25, 0.3) is 201 Å². The lowest BCUT2D eigenvalue weighted by Crippen LogP contribution is -2.59. The molecule has 0 fully saturated rings. The maximum atomic E-state index is 4.60. The van der Waals surface area contributed by atoms with Gasteiger partial charge in [0, 0.05) is 152 Å². The molecular formula is C138H90B3N9. The highest BCUT2D eigenvalue weighted by molar-refractivity contribution is 6.94. The molecule has 6 aliphatic rings. The van der Waals surface area contributed by atoms with Crippen LogP contribution in [-0.4, -0.2) is 50.4 Å². The number of aromatic nitrogens is 6. The number of hydrogen-bond acceptors (Lipinski definition) is 9. The lowest BCUT2D eigenvalue weighted by molar-refractivity contribution is 1.32. The van der Waals surface area contributed by atoms with E-state index in [2.05, 4.69) is 481 Å². The van der Waals surface area contributed by atoms with Gasteiger partial charge in [-0.25, -0.2) is 0 Å². The molecule has 18 aromatic carbocycles. The molecule has 0 unspecified atom stereocenters.